The molecule has 9 N–H and O–H groups in total. The molecule has 16 nitrogen and oxygen atoms in total. The van der Waals surface area contributed by atoms with Crippen molar-refractivity contribution >= 4 is 86.2 Å². The fourth-order valence-electron chi connectivity index (χ4n) is 10.1. The van der Waals surface area contributed by atoms with Crippen molar-refractivity contribution < 1.29 is 19.1 Å². The van der Waals surface area contributed by atoms with Gasteiger partial charge in [0.15, 0.2) is 0 Å². The zero-order valence-electron chi connectivity index (χ0n) is 42.6. The molecule has 75 heavy (non-hydrogen) atoms. The third kappa shape index (κ3) is 13.0. The van der Waals surface area contributed by atoms with Gasteiger partial charge in [-0.25, -0.2) is 24.7 Å². The van der Waals surface area contributed by atoms with Gasteiger partial charge in [-0.15, -0.1) is 0 Å². The minimum atomic E-state index is -0.592. The van der Waals surface area contributed by atoms with E-state index in [1.165, 1.54) is 0 Å². The molecule has 388 valence electrons. The van der Waals surface area contributed by atoms with E-state index >= 15 is 0 Å². The molecule has 0 bridgehead atoms. The van der Waals surface area contributed by atoms with Crippen LogP contribution in [0.2, 0.25) is 10.0 Å². The van der Waals surface area contributed by atoms with Crippen LogP contribution in [0.5, 0.6) is 0 Å². The Morgan fingerprint density at radius 1 is 0.653 bits per heavy atom. The number of benzene rings is 4. The molecule has 0 radical (unpaired) electrons. The predicted molar refractivity (Wildman–Crippen MR) is 299 cm³/mol. The van der Waals surface area contributed by atoms with Crippen LogP contribution in [0, 0.1) is 0 Å². The lowest BCUT2D eigenvalue weighted by Gasteiger charge is -2.39. The number of nitrogen functional groups attached to an aromatic ring is 1. The van der Waals surface area contributed by atoms with Crippen LogP contribution in [0.3, 0.4) is 0 Å². The van der Waals surface area contributed by atoms with E-state index in [4.69, 9.17) is 43.6 Å². The number of ether oxygens (including phenoxy) is 1. The first-order chi connectivity index (χ1) is 35.9. The number of nitrogens with one attached hydrogen (secondary N) is 7. The second kappa shape index (κ2) is 22.0. The van der Waals surface area contributed by atoms with Crippen molar-refractivity contribution in [1.29, 1.82) is 0 Å². The Labute approximate surface area is 445 Å². The highest BCUT2D eigenvalue weighted by Gasteiger charge is 2.36. The van der Waals surface area contributed by atoms with Gasteiger partial charge < -0.3 is 41.7 Å². The Balaban J connectivity index is 0.000000187. The van der Waals surface area contributed by atoms with Crippen molar-refractivity contribution in [1.82, 2.24) is 40.5 Å². The van der Waals surface area contributed by atoms with E-state index in [0.717, 1.165) is 77.9 Å². The first-order valence-corrected chi connectivity index (χ1v) is 26.0. The van der Waals surface area contributed by atoms with Gasteiger partial charge >= 0.3 is 6.09 Å². The number of amides is 3. The fourth-order valence-corrected chi connectivity index (χ4v) is 10.4. The van der Waals surface area contributed by atoms with Gasteiger partial charge in [0.2, 0.25) is 11.9 Å². The first kappa shape index (κ1) is 52.2. The maximum Gasteiger partial charge on any atom is 0.412 e. The van der Waals surface area contributed by atoms with Crippen LogP contribution in [0.15, 0.2) is 122 Å². The zero-order chi connectivity index (χ0) is 52.9. The summed E-state index contributed by atoms with van der Waals surface area (Å²) < 4.78 is 5.28. The average Bonchev–Trinajstić information content (AvgIpc) is 4.00. The van der Waals surface area contributed by atoms with E-state index < -0.39 is 17.2 Å². The molecule has 2 aliphatic rings. The number of carbonyl (C=O) groups is 3. The highest BCUT2D eigenvalue weighted by atomic mass is 35.5. The average molecular weight is 1050 g/mol. The van der Waals surface area contributed by atoms with Crippen LogP contribution < -0.4 is 32.3 Å². The van der Waals surface area contributed by atoms with Gasteiger partial charge in [0.1, 0.15) is 5.60 Å². The van der Waals surface area contributed by atoms with Crippen molar-refractivity contribution in [3.8, 4) is 22.5 Å². The summed E-state index contributed by atoms with van der Waals surface area (Å²) >= 11 is 13.0. The second-order valence-corrected chi connectivity index (χ2v) is 21.8. The number of aromatic amines is 2. The summed E-state index contributed by atoms with van der Waals surface area (Å²) in [7, 11) is 0. The molecule has 4 heterocycles. The molecule has 0 spiro atoms. The third-order valence-corrected chi connectivity index (χ3v) is 14.1. The number of fused-ring (bicyclic) bond motifs is 2. The highest BCUT2D eigenvalue weighted by Crippen LogP contribution is 2.36. The van der Waals surface area contributed by atoms with E-state index in [1.54, 1.807) is 81.7 Å². The quantitative estimate of drug-likeness (QED) is 0.0568. The zero-order valence-corrected chi connectivity index (χ0v) is 44.1. The van der Waals surface area contributed by atoms with Crippen LogP contribution >= 0.6 is 23.2 Å². The molecule has 0 aliphatic heterocycles. The first-order valence-electron chi connectivity index (χ1n) is 25.2. The number of hydrogen-bond acceptors (Lipinski definition) is 11. The van der Waals surface area contributed by atoms with Gasteiger partial charge in [-0.3, -0.25) is 14.9 Å². The number of anilines is 4. The topological polar surface area (TPSA) is 230 Å². The van der Waals surface area contributed by atoms with Gasteiger partial charge in [0.25, 0.3) is 11.8 Å². The summed E-state index contributed by atoms with van der Waals surface area (Å²) in [6.07, 6.45) is 13.6. The molecule has 4 atom stereocenters. The fraction of sp³-hybridized carbons (Fsp3) is 0.316. The molecular weight excluding hydrogens is 988 g/mol. The number of hydrogen-bond donors (Lipinski definition) is 8. The maximum atomic E-state index is 13.1. The number of aromatic nitrogens is 6. The van der Waals surface area contributed by atoms with Crippen molar-refractivity contribution in [2.75, 3.05) is 21.7 Å². The van der Waals surface area contributed by atoms with Gasteiger partial charge in [-0.05, 0) is 147 Å². The highest BCUT2D eigenvalue weighted by molar-refractivity contribution is 6.33. The smallest absolute Gasteiger partial charge is 0.412 e. The Morgan fingerprint density at radius 2 is 1.09 bits per heavy atom. The predicted octanol–water partition coefficient (Wildman–Crippen LogP) is 12.6. The Hall–Kier alpha value is -7.69. The minimum Gasteiger partial charge on any atom is -0.444 e. The third-order valence-electron chi connectivity index (χ3n) is 13.6. The van der Waals surface area contributed by atoms with E-state index in [0.29, 0.717) is 62.3 Å². The lowest BCUT2D eigenvalue weighted by Crippen LogP contribution is -2.51. The van der Waals surface area contributed by atoms with E-state index in [9.17, 15) is 14.4 Å². The van der Waals surface area contributed by atoms with Crippen molar-refractivity contribution in [3.05, 3.63) is 143 Å². The SMILES string of the molecule is CC(C)(C)OC(=O)Nc1ccc(C(=O)N[C@@]2(C)CCC[C@@H](Nc3ncc(Cl)c(-c4c[nH]c5ccccc45)n3)C2)cc1.C[C@]1(NC(=O)c2ccc(N)cc2)CCC[C@@H](Nc2ncc(Cl)c(-c3c[nH]c4ccccc34)n2)C1. The minimum absolute atomic E-state index is 0.0754. The number of para-hydroxylation sites is 2. The molecule has 8 aromatic rings. The number of carbonyl (C=O) groups excluding carboxylic acids is 3. The van der Waals surface area contributed by atoms with Gasteiger partial charge in [-0.2, -0.15) is 0 Å². The van der Waals surface area contributed by atoms with Crippen molar-refractivity contribution in [3.63, 3.8) is 0 Å². The van der Waals surface area contributed by atoms with Crippen LogP contribution in [0.25, 0.3) is 44.3 Å². The van der Waals surface area contributed by atoms with Crippen LogP contribution in [0.1, 0.15) is 107 Å². The standard InChI is InChI=1S/C31H35ClN6O3.C26H27ClN6O/c1-30(2,3)41-29(40)36-20-13-11-19(12-14-20)27(39)38-31(4)15-7-8-21(16-31)35-28-34-18-24(32)26(37-28)23-17-33-25-10-6-5-9-22(23)25;1-26(33-24(34)16-8-10-17(28)11-9-16)12-4-5-18(13-26)31-25-30-15-21(27)23(32-25)20-14-29-22-7-3-2-6-19(20)22/h5-6,9-14,17-18,21,33H,7-8,15-16H2,1-4H3,(H,36,40)(H,38,39)(H,34,35,37);2-3,6-11,14-15,18,29H,4-5,12-13,28H2,1H3,(H,33,34)(H,30,31,32)/t21-,31+;18-,26+/m11/s1. The second-order valence-electron chi connectivity index (χ2n) is 21.0. The molecule has 2 saturated carbocycles. The summed E-state index contributed by atoms with van der Waals surface area (Å²) in [6, 6.07) is 30.0. The lowest BCUT2D eigenvalue weighted by atomic mass is 9.80. The van der Waals surface area contributed by atoms with Crippen LogP contribution in [-0.4, -0.2) is 76.6 Å². The summed E-state index contributed by atoms with van der Waals surface area (Å²) in [5, 5.41) is 19.2. The Morgan fingerprint density at radius 3 is 1.55 bits per heavy atom. The normalized spacial score (nSPS) is 19.6. The molecule has 3 amide bonds. The van der Waals surface area contributed by atoms with Gasteiger partial charge in [0, 0.05) is 91.0 Å². The number of rotatable bonds is 11. The number of nitrogens with zero attached hydrogens (tertiary/aromatic N) is 4. The molecule has 0 saturated heterocycles. The van der Waals surface area contributed by atoms with E-state index in [-0.39, 0.29) is 29.4 Å². The van der Waals surface area contributed by atoms with E-state index in [1.807, 2.05) is 60.9 Å². The number of halogens is 2. The molecule has 2 aliphatic carbocycles. The van der Waals surface area contributed by atoms with Gasteiger partial charge in [-0.1, -0.05) is 59.6 Å². The number of H-pyrrole nitrogens is 2. The van der Waals surface area contributed by atoms with Crippen LogP contribution in [-0.2, 0) is 4.74 Å². The Bertz CT molecular complexity index is 3340. The summed E-state index contributed by atoms with van der Waals surface area (Å²) in [6.45, 7) is 9.57. The largest absolute Gasteiger partial charge is 0.444 e. The van der Waals surface area contributed by atoms with E-state index in [2.05, 4.69) is 60.4 Å². The summed E-state index contributed by atoms with van der Waals surface area (Å²) in [4.78, 5) is 62.9. The summed E-state index contributed by atoms with van der Waals surface area (Å²) in [5.41, 5.74) is 12.0. The Kier molecular flexibility index (Phi) is 15.3. The molecule has 2 fully saturated rings. The monoisotopic (exact) mass is 1050 g/mol. The molecule has 0 unspecified atom stereocenters. The molecule has 18 heteroatoms. The molecule has 4 aromatic heterocycles. The lowest BCUT2D eigenvalue weighted by molar-refractivity contribution is 0.0635. The summed E-state index contributed by atoms with van der Waals surface area (Å²) in [5.74, 6) is 0.779. The van der Waals surface area contributed by atoms with Crippen LogP contribution in [0.4, 0.5) is 28.1 Å². The molecule has 10 rings (SSSR count). The van der Waals surface area contributed by atoms with Crippen molar-refractivity contribution in [2.24, 2.45) is 0 Å². The molecule has 4 aromatic carbocycles. The molecular formula is C57H62Cl2N12O4. The van der Waals surface area contributed by atoms with Crippen molar-refractivity contribution in [2.45, 2.75) is 115 Å². The van der Waals surface area contributed by atoms with Gasteiger partial charge in [0.05, 0.1) is 33.8 Å². The number of nitrogens with two attached hydrogens (primary N) is 1. The maximum absolute atomic E-state index is 13.1.